The van der Waals surface area contributed by atoms with Crippen LogP contribution in [-0.2, 0) is 23.9 Å². The van der Waals surface area contributed by atoms with Crippen LogP contribution in [0.25, 0.3) is 0 Å². The van der Waals surface area contributed by atoms with Crippen LogP contribution in [0, 0.1) is 0 Å². The normalized spacial score (nSPS) is 12.1. The Labute approximate surface area is 132 Å². The highest BCUT2D eigenvalue weighted by Crippen LogP contribution is 2.25. The van der Waals surface area contributed by atoms with E-state index in [-0.39, 0.29) is 13.2 Å². The first-order valence-electron chi connectivity index (χ1n) is 6.86. The summed E-state index contributed by atoms with van der Waals surface area (Å²) < 4.78 is 47.4. The molecule has 0 aliphatic rings. The minimum atomic E-state index is -5.17. The van der Waals surface area contributed by atoms with Crippen LogP contribution in [0.3, 0.4) is 0 Å². The number of nitrogens with zero attached hydrogens (tertiary/aromatic N) is 1. The van der Waals surface area contributed by atoms with Crippen molar-refractivity contribution in [1.82, 2.24) is 4.90 Å². The number of amides is 1. The number of alkyl halides is 3. The van der Waals surface area contributed by atoms with Crippen molar-refractivity contribution in [2.75, 3.05) is 19.8 Å². The first-order chi connectivity index (χ1) is 10.5. The minimum absolute atomic E-state index is 0.0357. The predicted molar refractivity (Wildman–Crippen MR) is 74.3 cm³/mol. The molecule has 0 atom stereocenters. The van der Waals surface area contributed by atoms with Crippen molar-refractivity contribution in [2.45, 2.75) is 39.4 Å². The zero-order valence-electron chi connectivity index (χ0n) is 13.4. The molecule has 0 heterocycles. The number of ether oxygens (including phenoxy) is 2. The Hall–Kier alpha value is -2.06. The Morgan fingerprint density at radius 3 is 2.00 bits per heavy atom. The Kier molecular flexibility index (Phi) is 7.78. The molecule has 0 aliphatic heterocycles. The van der Waals surface area contributed by atoms with Gasteiger partial charge in [0.15, 0.2) is 0 Å². The number of hydrogen-bond donors (Lipinski definition) is 0. The van der Waals surface area contributed by atoms with E-state index < -0.39 is 36.1 Å². The smallest absolute Gasteiger partial charge is 0.465 e. The van der Waals surface area contributed by atoms with Gasteiger partial charge >= 0.3 is 24.0 Å². The molecule has 0 spiro atoms. The van der Waals surface area contributed by atoms with E-state index in [9.17, 15) is 27.6 Å². The van der Waals surface area contributed by atoms with Gasteiger partial charge in [0.1, 0.15) is 6.54 Å². The lowest BCUT2D eigenvalue weighted by atomic mass is 10.0. The molecule has 9 heteroatoms. The van der Waals surface area contributed by atoms with Gasteiger partial charge in [-0.15, -0.1) is 0 Å². The zero-order valence-corrected chi connectivity index (χ0v) is 13.4. The third kappa shape index (κ3) is 7.16. The van der Waals surface area contributed by atoms with Gasteiger partial charge in [0.05, 0.1) is 18.8 Å². The van der Waals surface area contributed by atoms with Crippen molar-refractivity contribution in [3.63, 3.8) is 0 Å². The lowest BCUT2D eigenvalue weighted by molar-refractivity contribution is -0.191. The fourth-order valence-electron chi connectivity index (χ4n) is 1.58. The summed E-state index contributed by atoms with van der Waals surface area (Å²) in [5.74, 6) is -3.96. The average molecular weight is 339 g/mol. The molecule has 0 bridgehead atoms. The van der Waals surface area contributed by atoms with E-state index in [1.807, 2.05) is 0 Å². The summed E-state index contributed by atoms with van der Waals surface area (Å²) >= 11 is 0. The van der Waals surface area contributed by atoms with Gasteiger partial charge in [0.25, 0.3) is 0 Å². The summed E-state index contributed by atoms with van der Waals surface area (Å²) in [6.45, 7) is 4.73. The largest absolute Gasteiger partial charge is 0.471 e. The molecule has 0 aromatic heterocycles. The lowest BCUT2D eigenvalue weighted by Gasteiger charge is -2.35. The van der Waals surface area contributed by atoms with Gasteiger partial charge < -0.3 is 14.4 Å². The van der Waals surface area contributed by atoms with Crippen molar-refractivity contribution in [1.29, 1.82) is 0 Å². The molecule has 132 valence electrons. The van der Waals surface area contributed by atoms with Gasteiger partial charge in [-0.25, -0.2) is 4.79 Å². The van der Waals surface area contributed by atoms with Gasteiger partial charge in [-0.1, -0.05) is 6.08 Å². The summed E-state index contributed by atoms with van der Waals surface area (Å²) in [5, 5.41) is 0. The maximum atomic E-state index is 12.7. The molecule has 6 nitrogen and oxygen atoms in total. The molecular formula is C14H20F3NO5. The molecule has 0 aromatic carbocycles. The third-order valence-corrected chi connectivity index (χ3v) is 2.69. The highest BCUT2D eigenvalue weighted by atomic mass is 19.4. The average Bonchev–Trinajstić information content (AvgIpc) is 2.41. The van der Waals surface area contributed by atoms with Crippen LogP contribution in [0.5, 0.6) is 0 Å². The van der Waals surface area contributed by atoms with Crippen LogP contribution < -0.4 is 0 Å². The number of esters is 2. The second kappa shape index (κ2) is 8.54. The predicted octanol–water partition coefficient (Wildman–Crippen LogP) is 1.84. The molecule has 0 aliphatic carbocycles. The van der Waals surface area contributed by atoms with Crippen LogP contribution in [-0.4, -0.2) is 54.2 Å². The second-order valence-corrected chi connectivity index (χ2v) is 4.93. The number of rotatable bonds is 7. The third-order valence-electron chi connectivity index (χ3n) is 2.69. The van der Waals surface area contributed by atoms with Gasteiger partial charge in [0, 0.05) is 6.08 Å². The molecule has 0 radical (unpaired) electrons. The molecule has 1 amide bonds. The SMILES string of the molecule is CCOC(=O)C=CC(C)(C)N(CC(=O)OCC)C(=O)C(F)(F)F. The number of carbonyl (C=O) groups excluding carboxylic acids is 3. The number of carbonyl (C=O) groups is 3. The fourth-order valence-corrected chi connectivity index (χ4v) is 1.58. The lowest BCUT2D eigenvalue weighted by Crippen LogP contribution is -2.54. The fraction of sp³-hybridized carbons (Fsp3) is 0.643. The van der Waals surface area contributed by atoms with Crippen molar-refractivity contribution in [3.8, 4) is 0 Å². The van der Waals surface area contributed by atoms with Gasteiger partial charge in [-0.3, -0.25) is 9.59 Å². The van der Waals surface area contributed by atoms with Gasteiger partial charge in [-0.05, 0) is 27.7 Å². The highest BCUT2D eigenvalue weighted by molar-refractivity contribution is 5.87. The highest BCUT2D eigenvalue weighted by Gasteiger charge is 2.47. The molecule has 0 rings (SSSR count). The molecular weight excluding hydrogens is 319 g/mol. The van der Waals surface area contributed by atoms with Crippen LogP contribution in [0.4, 0.5) is 13.2 Å². The topological polar surface area (TPSA) is 72.9 Å². The standard InChI is InChI=1S/C14H20F3NO5/c1-5-22-10(19)7-8-13(3,4)18(9-11(20)23-6-2)12(21)14(15,16)17/h7-8H,5-6,9H2,1-4H3. The summed E-state index contributed by atoms with van der Waals surface area (Å²) in [6, 6.07) is 0. The Balaban J connectivity index is 5.42. The van der Waals surface area contributed by atoms with Crippen molar-refractivity contribution < 1.29 is 37.0 Å². The maximum Gasteiger partial charge on any atom is 0.471 e. The minimum Gasteiger partial charge on any atom is -0.465 e. The molecule has 23 heavy (non-hydrogen) atoms. The van der Waals surface area contributed by atoms with E-state index in [0.29, 0.717) is 4.90 Å². The van der Waals surface area contributed by atoms with Crippen LogP contribution in [0.15, 0.2) is 12.2 Å². The molecule has 0 N–H and O–H groups in total. The van der Waals surface area contributed by atoms with Crippen LogP contribution >= 0.6 is 0 Å². The first kappa shape index (κ1) is 20.9. The Morgan fingerprint density at radius 1 is 1.04 bits per heavy atom. The monoisotopic (exact) mass is 339 g/mol. The van der Waals surface area contributed by atoms with Gasteiger partial charge in [0.2, 0.25) is 0 Å². The van der Waals surface area contributed by atoms with Crippen LogP contribution in [0.2, 0.25) is 0 Å². The summed E-state index contributed by atoms with van der Waals surface area (Å²) in [6.07, 6.45) is -3.19. The Bertz CT molecular complexity index is 472. The van der Waals surface area contributed by atoms with Crippen LogP contribution in [0.1, 0.15) is 27.7 Å². The van der Waals surface area contributed by atoms with E-state index >= 15 is 0 Å². The zero-order chi connectivity index (χ0) is 18.3. The summed E-state index contributed by atoms with van der Waals surface area (Å²) in [5.41, 5.74) is -1.56. The Morgan fingerprint density at radius 2 is 1.57 bits per heavy atom. The molecule has 0 fully saturated rings. The molecule has 0 aromatic rings. The van der Waals surface area contributed by atoms with E-state index in [1.165, 1.54) is 20.8 Å². The number of halogens is 3. The van der Waals surface area contributed by atoms with Crippen molar-refractivity contribution in [3.05, 3.63) is 12.2 Å². The van der Waals surface area contributed by atoms with E-state index in [0.717, 1.165) is 12.2 Å². The van der Waals surface area contributed by atoms with E-state index in [1.54, 1.807) is 6.92 Å². The first-order valence-corrected chi connectivity index (χ1v) is 6.86. The van der Waals surface area contributed by atoms with Gasteiger partial charge in [-0.2, -0.15) is 13.2 Å². The molecule has 0 saturated carbocycles. The molecule has 0 saturated heterocycles. The van der Waals surface area contributed by atoms with E-state index in [4.69, 9.17) is 0 Å². The van der Waals surface area contributed by atoms with Crippen molar-refractivity contribution in [2.24, 2.45) is 0 Å². The summed E-state index contributed by atoms with van der Waals surface area (Å²) in [7, 11) is 0. The number of hydrogen-bond acceptors (Lipinski definition) is 5. The molecule has 0 unspecified atom stereocenters. The quantitative estimate of drug-likeness (QED) is 0.523. The maximum absolute atomic E-state index is 12.7. The van der Waals surface area contributed by atoms with E-state index in [2.05, 4.69) is 9.47 Å². The second-order valence-electron chi connectivity index (χ2n) is 4.93. The van der Waals surface area contributed by atoms with Crippen molar-refractivity contribution >= 4 is 17.8 Å². The summed E-state index contributed by atoms with van der Waals surface area (Å²) in [4.78, 5) is 34.6.